The quantitative estimate of drug-likeness (QED) is 0.893. The molecule has 2 aromatic rings. The van der Waals surface area contributed by atoms with Crippen LogP contribution in [0.15, 0.2) is 18.6 Å². The van der Waals surface area contributed by atoms with Gasteiger partial charge in [-0.25, -0.2) is 15.0 Å². The number of aromatic nitrogens is 4. The molecule has 0 aliphatic rings. The van der Waals surface area contributed by atoms with E-state index in [0.717, 1.165) is 36.0 Å². The van der Waals surface area contributed by atoms with Crippen molar-refractivity contribution in [2.24, 2.45) is 0 Å². The molecule has 19 heavy (non-hydrogen) atoms. The fourth-order valence-corrected chi connectivity index (χ4v) is 2.02. The van der Waals surface area contributed by atoms with Gasteiger partial charge >= 0.3 is 0 Å². The van der Waals surface area contributed by atoms with E-state index >= 15 is 0 Å². The Kier molecular flexibility index (Phi) is 4.27. The third-order valence-corrected chi connectivity index (χ3v) is 3.02. The van der Waals surface area contributed by atoms with Crippen LogP contribution in [-0.4, -0.2) is 26.6 Å². The van der Waals surface area contributed by atoms with Gasteiger partial charge in [-0.15, -0.1) is 0 Å². The second kappa shape index (κ2) is 5.93. The van der Waals surface area contributed by atoms with Gasteiger partial charge in [0.15, 0.2) is 0 Å². The van der Waals surface area contributed by atoms with Gasteiger partial charge < -0.3 is 9.88 Å². The van der Waals surface area contributed by atoms with Gasteiger partial charge in [-0.05, 0) is 7.05 Å². The highest BCUT2D eigenvalue weighted by molar-refractivity contribution is 5.36. The number of imidazole rings is 1. The smallest absolute Gasteiger partial charge is 0.131 e. The lowest BCUT2D eigenvalue weighted by Gasteiger charge is -2.13. The van der Waals surface area contributed by atoms with Crippen molar-refractivity contribution in [2.75, 3.05) is 7.05 Å². The molecule has 0 radical (unpaired) electrons. The molecule has 1 N–H and O–H groups in total. The molecule has 2 rings (SSSR count). The van der Waals surface area contributed by atoms with Crippen LogP contribution in [0.25, 0.3) is 5.69 Å². The Labute approximate surface area is 114 Å². The van der Waals surface area contributed by atoms with Gasteiger partial charge in [-0.3, -0.25) is 0 Å². The fourth-order valence-electron chi connectivity index (χ4n) is 2.02. The number of hydrogen-bond donors (Lipinski definition) is 1. The van der Waals surface area contributed by atoms with Gasteiger partial charge in [0.25, 0.3) is 0 Å². The highest BCUT2D eigenvalue weighted by Gasteiger charge is 2.12. The van der Waals surface area contributed by atoms with Crippen molar-refractivity contribution in [3.05, 3.63) is 35.9 Å². The number of nitrogens with one attached hydrogen (secondary N) is 1. The Balaban J connectivity index is 2.50. The predicted octanol–water partition coefficient (Wildman–Crippen LogP) is 2.07. The van der Waals surface area contributed by atoms with Crippen LogP contribution in [-0.2, 0) is 13.0 Å². The summed E-state index contributed by atoms with van der Waals surface area (Å²) < 4.78 is 2.07. The molecule has 0 aromatic carbocycles. The van der Waals surface area contributed by atoms with E-state index in [1.165, 1.54) is 0 Å². The zero-order valence-electron chi connectivity index (χ0n) is 12.0. The first-order chi connectivity index (χ1) is 9.17. The molecular weight excluding hydrogens is 238 g/mol. The molecule has 0 aliphatic carbocycles. The Morgan fingerprint density at radius 3 is 2.74 bits per heavy atom. The Morgan fingerprint density at radius 1 is 1.32 bits per heavy atom. The molecule has 0 saturated carbocycles. The lowest BCUT2D eigenvalue weighted by atomic mass is 10.2. The maximum Gasteiger partial charge on any atom is 0.131 e. The molecule has 5 heteroatoms. The number of aryl methyl sites for hydroxylation is 1. The van der Waals surface area contributed by atoms with E-state index in [1.807, 2.05) is 25.6 Å². The van der Waals surface area contributed by atoms with Crippen molar-refractivity contribution in [1.82, 2.24) is 24.8 Å². The molecule has 0 atom stereocenters. The molecule has 0 bridgehead atoms. The van der Waals surface area contributed by atoms with E-state index in [4.69, 9.17) is 0 Å². The van der Waals surface area contributed by atoms with Crippen molar-refractivity contribution < 1.29 is 0 Å². The van der Waals surface area contributed by atoms with Crippen LogP contribution >= 0.6 is 0 Å². The Bertz CT molecular complexity index is 545. The first kappa shape index (κ1) is 13.7. The van der Waals surface area contributed by atoms with Gasteiger partial charge in [-0.1, -0.05) is 20.8 Å². The zero-order chi connectivity index (χ0) is 13.8. The monoisotopic (exact) mass is 259 g/mol. The minimum atomic E-state index is 0.332. The van der Waals surface area contributed by atoms with Crippen LogP contribution < -0.4 is 5.32 Å². The molecule has 0 fully saturated rings. The molecule has 5 nitrogen and oxygen atoms in total. The summed E-state index contributed by atoms with van der Waals surface area (Å²) in [5, 5.41) is 3.17. The summed E-state index contributed by atoms with van der Waals surface area (Å²) in [7, 11) is 1.93. The topological polar surface area (TPSA) is 55.6 Å². The van der Waals surface area contributed by atoms with Crippen LogP contribution in [0, 0.1) is 0 Å². The molecule has 0 aliphatic heterocycles. The Morgan fingerprint density at radius 2 is 2.11 bits per heavy atom. The number of nitrogens with zero attached hydrogens (tertiary/aromatic N) is 4. The molecule has 0 spiro atoms. The lowest BCUT2D eigenvalue weighted by Crippen LogP contribution is -2.14. The van der Waals surface area contributed by atoms with Gasteiger partial charge in [0.05, 0.1) is 17.6 Å². The summed E-state index contributed by atoms with van der Waals surface area (Å²) in [4.78, 5) is 13.5. The van der Waals surface area contributed by atoms with E-state index in [1.54, 1.807) is 0 Å². The second-order valence-corrected chi connectivity index (χ2v) is 4.81. The second-order valence-electron chi connectivity index (χ2n) is 4.81. The maximum absolute atomic E-state index is 4.67. The highest BCUT2D eigenvalue weighted by atomic mass is 15.1. The molecule has 0 saturated heterocycles. The number of rotatable bonds is 5. The van der Waals surface area contributed by atoms with Gasteiger partial charge in [-0.2, -0.15) is 0 Å². The summed E-state index contributed by atoms with van der Waals surface area (Å²) in [5.74, 6) is 2.24. The average Bonchev–Trinajstić information content (AvgIpc) is 2.87. The van der Waals surface area contributed by atoms with Crippen LogP contribution in [0.3, 0.4) is 0 Å². The highest BCUT2D eigenvalue weighted by Crippen LogP contribution is 2.17. The molecular formula is C14H21N5. The first-order valence-electron chi connectivity index (χ1n) is 6.70. The third-order valence-electron chi connectivity index (χ3n) is 3.02. The van der Waals surface area contributed by atoms with E-state index in [0.29, 0.717) is 5.92 Å². The molecule has 2 aromatic heterocycles. The summed E-state index contributed by atoms with van der Waals surface area (Å²) in [5.41, 5.74) is 2.02. The predicted molar refractivity (Wildman–Crippen MR) is 75.4 cm³/mol. The summed E-state index contributed by atoms with van der Waals surface area (Å²) >= 11 is 0. The normalized spacial score (nSPS) is 11.2. The molecule has 0 amide bonds. The Hall–Kier alpha value is -1.75. The fraction of sp³-hybridized carbons (Fsp3) is 0.500. The molecule has 0 unspecified atom stereocenters. The van der Waals surface area contributed by atoms with Gasteiger partial charge in [0.1, 0.15) is 11.6 Å². The number of hydrogen-bond acceptors (Lipinski definition) is 4. The minimum Gasteiger partial charge on any atom is -0.314 e. The molecule has 2 heterocycles. The lowest BCUT2D eigenvalue weighted by molar-refractivity contribution is 0.713. The van der Waals surface area contributed by atoms with Crippen molar-refractivity contribution in [1.29, 1.82) is 0 Å². The van der Waals surface area contributed by atoms with Crippen LogP contribution in [0.1, 0.15) is 44.0 Å². The summed E-state index contributed by atoms with van der Waals surface area (Å²) in [6, 6.07) is 0. The van der Waals surface area contributed by atoms with E-state index in [2.05, 4.69) is 45.6 Å². The first-order valence-corrected chi connectivity index (χ1v) is 6.70. The largest absolute Gasteiger partial charge is 0.314 e. The third kappa shape index (κ3) is 2.81. The van der Waals surface area contributed by atoms with Crippen LogP contribution in [0.5, 0.6) is 0 Å². The minimum absolute atomic E-state index is 0.332. The van der Waals surface area contributed by atoms with E-state index in [9.17, 15) is 0 Å². The van der Waals surface area contributed by atoms with E-state index < -0.39 is 0 Å². The van der Waals surface area contributed by atoms with Gasteiger partial charge in [0.2, 0.25) is 0 Å². The summed E-state index contributed by atoms with van der Waals surface area (Å²) in [6.45, 7) is 7.03. The van der Waals surface area contributed by atoms with Crippen molar-refractivity contribution in [3.8, 4) is 5.69 Å². The van der Waals surface area contributed by atoms with Gasteiger partial charge in [0, 0.05) is 31.3 Å². The maximum atomic E-state index is 4.67. The molecule has 102 valence electrons. The standard InChI is InChI=1S/C14H21N5/c1-5-13-16-6-7-19(13)12-9-17-14(10(2)3)18-11(12)8-15-4/h6-7,9-10,15H,5,8H2,1-4H3. The van der Waals surface area contributed by atoms with Crippen LogP contribution in [0.2, 0.25) is 0 Å². The van der Waals surface area contributed by atoms with E-state index in [-0.39, 0.29) is 0 Å². The zero-order valence-corrected chi connectivity index (χ0v) is 12.0. The van der Waals surface area contributed by atoms with Crippen LogP contribution in [0.4, 0.5) is 0 Å². The van der Waals surface area contributed by atoms with Crippen molar-refractivity contribution in [2.45, 2.75) is 39.7 Å². The van der Waals surface area contributed by atoms with Crippen molar-refractivity contribution >= 4 is 0 Å². The van der Waals surface area contributed by atoms with Crippen molar-refractivity contribution in [3.63, 3.8) is 0 Å². The SMILES string of the molecule is CCc1nccn1-c1cnc(C(C)C)nc1CNC. The average molecular weight is 259 g/mol. The summed E-state index contributed by atoms with van der Waals surface area (Å²) in [6.07, 6.45) is 6.57.